The second-order valence-corrected chi connectivity index (χ2v) is 4.47. The van der Waals surface area contributed by atoms with Gasteiger partial charge in [-0.25, -0.2) is 0 Å². The van der Waals surface area contributed by atoms with E-state index in [2.05, 4.69) is 27.5 Å². The predicted molar refractivity (Wildman–Crippen MR) is 75.4 cm³/mol. The zero-order chi connectivity index (χ0) is 14.8. The molecule has 1 heterocycles. The number of tetrazole rings is 1. The molecular formula is C14H12N5O2. The number of carbonyl (C=O) groups excluding carboxylic acids is 1. The fraction of sp³-hybridized carbons (Fsp3) is 0.0714. The van der Waals surface area contributed by atoms with Crippen LogP contribution in [0.1, 0.15) is 21.7 Å². The topological polar surface area (TPSA) is 107 Å². The van der Waals surface area contributed by atoms with E-state index in [0.717, 1.165) is 16.3 Å². The Morgan fingerprint density at radius 1 is 1.33 bits per heavy atom. The third-order valence-electron chi connectivity index (χ3n) is 3.07. The summed E-state index contributed by atoms with van der Waals surface area (Å²) in [6, 6.07) is 8.85. The van der Waals surface area contributed by atoms with Crippen LogP contribution in [0.2, 0.25) is 0 Å². The lowest BCUT2D eigenvalue weighted by Crippen LogP contribution is -2.10. The number of nitrogens with zero attached hydrogens (tertiary/aromatic N) is 3. The van der Waals surface area contributed by atoms with Gasteiger partial charge in [0.15, 0.2) is 6.61 Å². The number of H-pyrrole nitrogens is 1. The summed E-state index contributed by atoms with van der Waals surface area (Å²) in [5.41, 5.74) is 6.47. The van der Waals surface area contributed by atoms with Crippen LogP contribution in [0, 0.1) is 6.92 Å². The van der Waals surface area contributed by atoms with Crippen molar-refractivity contribution < 1.29 is 9.53 Å². The summed E-state index contributed by atoms with van der Waals surface area (Å²) in [6.07, 6.45) is 0. The number of hydrogen-bond donors (Lipinski definition) is 2. The summed E-state index contributed by atoms with van der Waals surface area (Å²) in [7, 11) is 0. The SMILES string of the molecule is [CH2]c1ccc2cc(C(N)=O)ccc2c1OCc1nn[nH]n1. The van der Waals surface area contributed by atoms with Gasteiger partial charge in [0.1, 0.15) is 5.75 Å². The van der Waals surface area contributed by atoms with Crippen LogP contribution in [0.3, 0.4) is 0 Å². The van der Waals surface area contributed by atoms with Crippen LogP contribution < -0.4 is 10.5 Å². The Bertz CT molecular complexity index is 798. The smallest absolute Gasteiger partial charge is 0.248 e. The van der Waals surface area contributed by atoms with E-state index in [1.807, 2.05) is 12.1 Å². The van der Waals surface area contributed by atoms with E-state index in [9.17, 15) is 4.79 Å². The van der Waals surface area contributed by atoms with Crippen LogP contribution in [-0.4, -0.2) is 26.5 Å². The summed E-state index contributed by atoms with van der Waals surface area (Å²) in [4.78, 5) is 11.2. The Morgan fingerprint density at radius 2 is 2.19 bits per heavy atom. The lowest BCUT2D eigenvalue weighted by molar-refractivity contribution is 0.100. The van der Waals surface area contributed by atoms with E-state index in [4.69, 9.17) is 10.5 Å². The zero-order valence-corrected chi connectivity index (χ0v) is 11.0. The Hall–Kier alpha value is -2.96. The maximum Gasteiger partial charge on any atom is 0.248 e. The largest absolute Gasteiger partial charge is 0.485 e. The second-order valence-electron chi connectivity index (χ2n) is 4.47. The van der Waals surface area contributed by atoms with Crippen LogP contribution in [0.4, 0.5) is 0 Å². The van der Waals surface area contributed by atoms with Gasteiger partial charge >= 0.3 is 0 Å². The van der Waals surface area contributed by atoms with E-state index in [1.54, 1.807) is 18.2 Å². The number of carbonyl (C=O) groups is 1. The van der Waals surface area contributed by atoms with Crippen LogP contribution in [0.25, 0.3) is 10.8 Å². The fourth-order valence-electron chi connectivity index (χ4n) is 2.05. The molecule has 21 heavy (non-hydrogen) atoms. The number of aromatic amines is 1. The number of primary amides is 1. The number of nitrogens with one attached hydrogen (secondary N) is 1. The summed E-state index contributed by atoms with van der Waals surface area (Å²) in [6.45, 7) is 4.12. The van der Waals surface area contributed by atoms with Crippen molar-refractivity contribution in [1.29, 1.82) is 0 Å². The monoisotopic (exact) mass is 282 g/mol. The minimum absolute atomic E-state index is 0.176. The number of rotatable bonds is 4. The fourth-order valence-corrected chi connectivity index (χ4v) is 2.05. The molecule has 1 radical (unpaired) electrons. The van der Waals surface area contributed by atoms with E-state index in [1.165, 1.54) is 0 Å². The Kier molecular flexibility index (Phi) is 3.23. The molecule has 3 rings (SSSR count). The van der Waals surface area contributed by atoms with Gasteiger partial charge in [0.2, 0.25) is 11.7 Å². The molecule has 7 heteroatoms. The second kappa shape index (κ2) is 5.20. The molecule has 105 valence electrons. The summed E-state index contributed by atoms with van der Waals surface area (Å²) < 4.78 is 5.73. The molecule has 2 aromatic carbocycles. The molecule has 3 N–H and O–H groups in total. The van der Waals surface area contributed by atoms with Gasteiger partial charge < -0.3 is 10.5 Å². The average Bonchev–Trinajstić information content (AvgIpc) is 2.99. The van der Waals surface area contributed by atoms with Crippen molar-refractivity contribution in [2.75, 3.05) is 0 Å². The molecule has 0 aliphatic heterocycles. The molecule has 3 aromatic rings. The minimum Gasteiger partial charge on any atom is -0.485 e. The third kappa shape index (κ3) is 2.53. The van der Waals surface area contributed by atoms with Crippen LogP contribution in [0.15, 0.2) is 30.3 Å². The molecule has 0 atom stereocenters. The molecule has 0 bridgehead atoms. The van der Waals surface area contributed by atoms with Crippen LogP contribution in [-0.2, 0) is 6.61 Å². The summed E-state index contributed by atoms with van der Waals surface area (Å²) in [5, 5.41) is 15.2. The lowest BCUT2D eigenvalue weighted by Gasteiger charge is -2.11. The van der Waals surface area contributed by atoms with Crippen molar-refractivity contribution in [1.82, 2.24) is 20.6 Å². The van der Waals surface area contributed by atoms with Gasteiger partial charge in [-0.15, -0.1) is 10.2 Å². The highest BCUT2D eigenvalue weighted by atomic mass is 16.5. The minimum atomic E-state index is -0.468. The number of hydrogen-bond acceptors (Lipinski definition) is 5. The van der Waals surface area contributed by atoms with E-state index in [0.29, 0.717) is 17.1 Å². The molecule has 0 fully saturated rings. The van der Waals surface area contributed by atoms with Crippen molar-refractivity contribution in [3.8, 4) is 5.75 Å². The van der Waals surface area contributed by atoms with Gasteiger partial charge in [-0.2, -0.15) is 5.21 Å². The van der Waals surface area contributed by atoms with Crippen molar-refractivity contribution in [2.24, 2.45) is 5.73 Å². The van der Waals surface area contributed by atoms with Crippen molar-refractivity contribution in [2.45, 2.75) is 6.61 Å². The van der Waals surface area contributed by atoms with E-state index in [-0.39, 0.29) is 6.61 Å². The van der Waals surface area contributed by atoms with Crippen LogP contribution >= 0.6 is 0 Å². The first-order chi connectivity index (χ1) is 10.1. The van der Waals surface area contributed by atoms with Crippen molar-refractivity contribution in [3.63, 3.8) is 0 Å². The molecule has 0 aliphatic rings. The first-order valence-electron chi connectivity index (χ1n) is 6.19. The van der Waals surface area contributed by atoms with Crippen LogP contribution in [0.5, 0.6) is 5.75 Å². The van der Waals surface area contributed by atoms with Crippen molar-refractivity contribution >= 4 is 16.7 Å². The molecule has 0 aliphatic carbocycles. The molecule has 0 unspecified atom stereocenters. The molecular weight excluding hydrogens is 270 g/mol. The highest BCUT2D eigenvalue weighted by Crippen LogP contribution is 2.30. The maximum absolute atomic E-state index is 11.2. The quantitative estimate of drug-likeness (QED) is 0.748. The van der Waals surface area contributed by atoms with Gasteiger partial charge in [-0.1, -0.05) is 17.3 Å². The Balaban J connectivity index is 2.00. The highest BCUT2D eigenvalue weighted by molar-refractivity contribution is 5.99. The number of nitrogens with two attached hydrogens (primary N) is 1. The molecule has 0 saturated heterocycles. The lowest BCUT2D eigenvalue weighted by atomic mass is 10.0. The standard InChI is InChI=1S/C14H12N5O2/c1-8-2-3-9-6-10(14(15)20)4-5-11(9)13(8)21-7-12-16-18-19-17-12/h2-6H,1,7H2,(H2,15,20)(H,16,17,18,19). The predicted octanol–water partition coefficient (Wildman–Crippen LogP) is 1.21. The molecule has 1 aromatic heterocycles. The van der Waals surface area contributed by atoms with E-state index >= 15 is 0 Å². The average molecular weight is 282 g/mol. The number of aromatic nitrogens is 4. The van der Waals surface area contributed by atoms with Gasteiger partial charge in [0.25, 0.3) is 0 Å². The molecule has 0 saturated carbocycles. The number of benzene rings is 2. The Labute approximate surface area is 120 Å². The third-order valence-corrected chi connectivity index (χ3v) is 3.07. The van der Waals surface area contributed by atoms with Gasteiger partial charge in [0.05, 0.1) is 0 Å². The molecule has 7 nitrogen and oxygen atoms in total. The van der Waals surface area contributed by atoms with Gasteiger partial charge in [-0.05, 0) is 36.1 Å². The normalized spacial score (nSPS) is 10.7. The summed E-state index contributed by atoms with van der Waals surface area (Å²) >= 11 is 0. The molecule has 1 amide bonds. The summed E-state index contributed by atoms with van der Waals surface area (Å²) in [5.74, 6) is 0.596. The zero-order valence-electron chi connectivity index (χ0n) is 11.0. The Morgan fingerprint density at radius 3 is 2.90 bits per heavy atom. The number of fused-ring (bicyclic) bond motifs is 1. The van der Waals surface area contributed by atoms with Crippen molar-refractivity contribution in [3.05, 3.63) is 54.2 Å². The van der Waals surface area contributed by atoms with Gasteiger partial charge in [0, 0.05) is 10.9 Å². The maximum atomic E-state index is 11.2. The number of amides is 1. The van der Waals surface area contributed by atoms with E-state index < -0.39 is 5.91 Å². The van der Waals surface area contributed by atoms with Gasteiger partial charge in [-0.3, -0.25) is 4.79 Å². The number of ether oxygens (including phenoxy) is 1. The molecule has 0 spiro atoms. The first kappa shape index (κ1) is 13.0. The highest BCUT2D eigenvalue weighted by Gasteiger charge is 2.10. The first-order valence-corrected chi connectivity index (χ1v) is 6.19.